The van der Waals surface area contributed by atoms with E-state index in [1.807, 2.05) is 0 Å². The number of carbonyl (C=O) groups is 1. The van der Waals surface area contributed by atoms with Crippen molar-refractivity contribution < 1.29 is 51.3 Å². The number of hydrogen-bond donors (Lipinski definition) is 5. The Bertz CT molecular complexity index is 1910. The molecule has 0 spiro atoms. The zero-order valence-corrected chi connectivity index (χ0v) is 26.7. The first-order valence-electron chi connectivity index (χ1n) is 14.2. The minimum Gasteiger partial charge on any atom is -0.459 e. The third-order valence-electron chi connectivity index (χ3n) is 7.84. The molecule has 0 aliphatic carbocycles. The normalized spacial score (nSPS) is 25.4. The van der Waals surface area contributed by atoms with Gasteiger partial charge in [0.05, 0.1) is 18.5 Å². The number of alkyl halides is 3. The fourth-order valence-corrected chi connectivity index (χ4v) is 7.10. The number of carbonyl (C=O) groups excluding carboxylic acids is 1. The number of nitrogens with one attached hydrogen (secondary N) is 2. The lowest BCUT2D eigenvalue weighted by atomic mass is 9.94. The minimum atomic E-state index is -4.77. The highest BCUT2D eigenvalue weighted by Crippen LogP contribution is 2.50. The standard InChI is InChI=1S/C28H28ClF3N7O8P/c1-27(42)21(40)18(46-25(27)39-12-35-20-22(34-2)36-26(33)37-23(20)39)11-45-48(43,47-14-8-6-13(29)7-9-14)38-19-15-4-3-5-17(28(30,31)32)16(15)10-44-24(19)41/h3-9,12,18-19,21,25,40,42H,10-11H2,1-2H3,(H,38,43)(H3,33,34,36,37)/t18?,19?,21-,25-,27-,48?/m1/s1. The van der Waals surface area contributed by atoms with Crippen LogP contribution in [0.2, 0.25) is 5.02 Å². The Kier molecular flexibility index (Phi) is 8.78. The second-order valence-corrected chi connectivity index (χ2v) is 13.2. The van der Waals surface area contributed by atoms with Gasteiger partial charge in [-0.25, -0.2) is 14.3 Å². The van der Waals surface area contributed by atoms with Gasteiger partial charge in [-0.15, -0.1) is 0 Å². The Morgan fingerprint density at radius 2 is 1.96 bits per heavy atom. The van der Waals surface area contributed by atoms with Crippen LogP contribution in [0.5, 0.6) is 5.75 Å². The number of esters is 1. The van der Waals surface area contributed by atoms with E-state index in [0.29, 0.717) is 16.4 Å². The molecule has 3 unspecified atom stereocenters. The van der Waals surface area contributed by atoms with Gasteiger partial charge in [-0.3, -0.25) is 9.09 Å². The molecule has 2 aromatic carbocycles. The molecule has 48 heavy (non-hydrogen) atoms. The molecule has 6 atom stereocenters. The molecule has 0 saturated carbocycles. The summed E-state index contributed by atoms with van der Waals surface area (Å²) in [5, 5.41) is 28.0. The lowest BCUT2D eigenvalue weighted by Crippen LogP contribution is -2.44. The molecule has 0 bridgehead atoms. The predicted octanol–water partition coefficient (Wildman–Crippen LogP) is 3.72. The van der Waals surface area contributed by atoms with E-state index in [9.17, 15) is 32.7 Å². The van der Waals surface area contributed by atoms with Crippen molar-refractivity contribution in [3.8, 4) is 5.75 Å². The van der Waals surface area contributed by atoms with Gasteiger partial charge in [-0.05, 0) is 42.8 Å². The van der Waals surface area contributed by atoms with Crippen LogP contribution in [0, 0.1) is 0 Å². The average molecular weight is 714 g/mol. The first-order valence-corrected chi connectivity index (χ1v) is 16.1. The smallest absolute Gasteiger partial charge is 0.459 e. The number of anilines is 2. The van der Waals surface area contributed by atoms with Crippen LogP contribution in [0.4, 0.5) is 24.9 Å². The van der Waals surface area contributed by atoms with E-state index < -0.39 is 68.7 Å². The fourth-order valence-electron chi connectivity index (χ4n) is 5.49. The lowest BCUT2D eigenvalue weighted by molar-refractivity contribution is -0.152. The van der Waals surface area contributed by atoms with Crippen molar-refractivity contribution >= 4 is 48.2 Å². The number of halogens is 4. The number of nitrogen functional groups attached to an aromatic ring is 1. The van der Waals surface area contributed by atoms with Crippen LogP contribution in [0.1, 0.15) is 35.9 Å². The van der Waals surface area contributed by atoms with Gasteiger partial charge < -0.3 is 35.3 Å². The van der Waals surface area contributed by atoms with E-state index in [4.69, 9.17) is 35.9 Å². The molecule has 2 aliphatic rings. The average Bonchev–Trinajstić information content (AvgIpc) is 3.54. The monoisotopic (exact) mass is 713 g/mol. The van der Waals surface area contributed by atoms with Crippen LogP contribution in [0.25, 0.3) is 11.2 Å². The van der Waals surface area contributed by atoms with E-state index in [2.05, 4.69) is 25.4 Å². The topological polar surface area (TPSA) is 205 Å². The number of rotatable bonds is 9. The molecule has 2 aliphatic heterocycles. The molecule has 1 fully saturated rings. The maximum Gasteiger partial charge on any atom is 0.459 e. The van der Waals surface area contributed by atoms with Crippen LogP contribution >= 0.6 is 19.3 Å². The Hall–Kier alpha value is -4.03. The second-order valence-electron chi connectivity index (χ2n) is 11.1. The number of aromatic nitrogens is 4. The van der Waals surface area contributed by atoms with Gasteiger partial charge in [0.2, 0.25) is 5.95 Å². The molecule has 256 valence electrons. The summed E-state index contributed by atoms with van der Waals surface area (Å²) < 4.78 is 79.3. The van der Waals surface area contributed by atoms with Gasteiger partial charge >= 0.3 is 19.9 Å². The number of nitrogens with two attached hydrogens (primary N) is 1. The van der Waals surface area contributed by atoms with Crippen molar-refractivity contribution in [1.29, 1.82) is 0 Å². The van der Waals surface area contributed by atoms with E-state index in [-0.39, 0.29) is 28.5 Å². The maximum absolute atomic E-state index is 14.3. The van der Waals surface area contributed by atoms with Gasteiger partial charge in [0.25, 0.3) is 0 Å². The number of fused-ring (bicyclic) bond motifs is 2. The summed E-state index contributed by atoms with van der Waals surface area (Å²) in [5.41, 5.74) is 2.76. The molecule has 6 N–H and O–H groups in total. The number of nitrogens with zero attached hydrogens (tertiary/aromatic N) is 4. The summed E-state index contributed by atoms with van der Waals surface area (Å²) in [7, 11) is -3.15. The summed E-state index contributed by atoms with van der Waals surface area (Å²) >= 11 is 5.96. The van der Waals surface area contributed by atoms with Gasteiger partial charge in [0.15, 0.2) is 23.2 Å². The highest BCUT2D eigenvalue weighted by molar-refractivity contribution is 7.52. The molecule has 0 radical (unpaired) electrons. The number of cyclic esters (lactones) is 1. The highest BCUT2D eigenvalue weighted by atomic mass is 35.5. The molecule has 15 nitrogen and oxygen atoms in total. The van der Waals surface area contributed by atoms with Gasteiger partial charge in [0.1, 0.15) is 36.2 Å². The largest absolute Gasteiger partial charge is 0.459 e. The molecule has 4 aromatic rings. The van der Waals surface area contributed by atoms with Crippen LogP contribution in [-0.2, 0) is 36.1 Å². The fraction of sp³-hybridized carbons (Fsp3) is 0.357. The van der Waals surface area contributed by atoms with E-state index >= 15 is 0 Å². The number of aliphatic hydroxyl groups is 2. The first kappa shape index (κ1) is 33.9. The van der Waals surface area contributed by atoms with E-state index in [1.165, 1.54) is 48.1 Å². The zero-order chi connectivity index (χ0) is 34.6. The summed E-state index contributed by atoms with van der Waals surface area (Å²) in [6, 6.07) is 6.98. The maximum atomic E-state index is 14.3. The molecule has 4 heterocycles. The number of benzene rings is 2. The Labute approximate surface area is 274 Å². The molecule has 1 saturated heterocycles. The summed E-state index contributed by atoms with van der Waals surface area (Å²) in [6.45, 7) is -0.0967. The minimum absolute atomic E-state index is 0.0519. The van der Waals surface area contributed by atoms with Gasteiger partial charge in [-0.1, -0.05) is 23.7 Å². The van der Waals surface area contributed by atoms with Crippen LogP contribution in [0.3, 0.4) is 0 Å². The summed E-state index contributed by atoms with van der Waals surface area (Å²) in [6.07, 6.45) is -7.84. The lowest BCUT2D eigenvalue weighted by Gasteiger charge is -2.30. The molecular weight excluding hydrogens is 686 g/mol. The predicted molar refractivity (Wildman–Crippen MR) is 163 cm³/mol. The van der Waals surface area contributed by atoms with Crippen molar-refractivity contribution in [3.05, 3.63) is 70.5 Å². The molecule has 20 heteroatoms. The highest BCUT2D eigenvalue weighted by Gasteiger charge is 2.54. The van der Waals surface area contributed by atoms with Crippen molar-refractivity contribution in [2.45, 2.75) is 49.8 Å². The Morgan fingerprint density at radius 1 is 1.23 bits per heavy atom. The SMILES string of the molecule is CNc1nc(N)nc2c1ncn2[C@@H]1OC(COP(=O)(NC2C(=O)OCc3c2cccc3C(F)(F)F)Oc2ccc(Cl)cc2)[C@@H](O)[C@@]1(C)O. The quantitative estimate of drug-likeness (QED) is 0.124. The molecule has 2 aromatic heterocycles. The summed E-state index contributed by atoms with van der Waals surface area (Å²) in [4.78, 5) is 25.4. The molecule has 0 amide bonds. The van der Waals surface area contributed by atoms with Crippen LogP contribution < -0.4 is 20.7 Å². The third-order valence-corrected chi connectivity index (χ3v) is 9.61. The van der Waals surface area contributed by atoms with Crippen molar-refractivity contribution in [3.63, 3.8) is 0 Å². The number of aliphatic hydroxyl groups excluding tert-OH is 1. The van der Waals surface area contributed by atoms with E-state index in [0.717, 1.165) is 12.1 Å². The summed E-state index contributed by atoms with van der Waals surface area (Å²) in [5.74, 6) is -0.905. The third kappa shape index (κ3) is 6.27. The van der Waals surface area contributed by atoms with Gasteiger partial charge in [-0.2, -0.15) is 28.2 Å². The molecular formula is C28H28ClF3N7O8P. The first-order chi connectivity index (χ1) is 22.6. The van der Waals surface area contributed by atoms with Crippen molar-refractivity contribution in [2.75, 3.05) is 24.7 Å². The van der Waals surface area contributed by atoms with Gasteiger partial charge in [0, 0.05) is 17.6 Å². The number of hydrogen-bond acceptors (Lipinski definition) is 13. The Morgan fingerprint density at radius 3 is 2.65 bits per heavy atom. The van der Waals surface area contributed by atoms with Crippen LogP contribution in [0.15, 0.2) is 48.8 Å². The zero-order valence-electron chi connectivity index (χ0n) is 25.0. The van der Waals surface area contributed by atoms with E-state index in [1.54, 1.807) is 7.05 Å². The van der Waals surface area contributed by atoms with Crippen molar-refractivity contribution in [2.24, 2.45) is 0 Å². The number of imidazole rings is 1. The van der Waals surface area contributed by atoms with Crippen LogP contribution in [-0.4, -0.2) is 67.2 Å². The Balaban J connectivity index is 1.30. The second kappa shape index (κ2) is 12.5. The molecule has 6 rings (SSSR count). The van der Waals surface area contributed by atoms with Crippen molar-refractivity contribution in [1.82, 2.24) is 24.6 Å². The number of ether oxygens (including phenoxy) is 2.